The Balaban J connectivity index is 1.60. The SMILES string of the molecule is c1cn(-c2ccc(NCC3CCCC3)cn2)cn1. The summed E-state index contributed by atoms with van der Waals surface area (Å²) in [6.07, 6.45) is 12.8. The van der Waals surface area contributed by atoms with Crippen LogP contribution in [-0.2, 0) is 0 Å². The summed E-state index contributed by atoms with van der Waals surface area (Å²) in [5, 5.41) is 3.47. The molecule has 0 atom stereocenters. The molecule has 0 spiro atoms. The van der Waals surface area contributed by atoms with Gasteiger partial charge in [0.15, 0.2) is 0 Å². The maximum atomic E-state index is 4.43. The summed E-state index contributed by atoms with van der Waals surface area (Å²) < 4.78 is 1.90. The van der Waals surface area contributed by atoms with E-state index in [1.54, 1.807) is 12.5 Å². The summed E-state index contributed by atoms with van der Waals surface area (Å²) in [5.41, 5.74) is 1.10. The number of imidazole rings is 1. The van der Waals surface area contributed by atoms with Gasteiger partial charge >= 0.3 is 0 Å². The topological polar surface area (TPSA) is 42.7 Å². The molecule has 0 saturated heterocycles. The quantitative estimate of drug-likeness (QED) is 0.896. The van der Waals surface area contributed by atoms with Gasteiger partial charge in [-0.25, -0.2) is 9.97 Å². The summed E-state index contributed by atoms with van der Waals surface area (Å²) in [5.74, 6) is 1.75. The fourth-order valence-corrected chi connectivity index (χ4v) is 2.51. The first kappa shape index (κ1) is 11.3. The van der Waals surface area contributed by atoms with Gasteiger partial charge in [-0.15, -0.1) is 0 Å². The maximum absolute atomic E-state index is 4.43. The number of hydrogen-bond donors (Lipinski definition) is 1. The van der Waals surface area contributed by atoms with Gasteiger partial charge in [-0.2, -0.15) is 0 Å². The number of pyridine rings is 1. The van der Waals surface area contributed by atoms with Gasteiger partial charge in [-0.1, -0.05) is 12.8 Å². The van der Waals surface area contributed by atoms with Gasteiger partial charge in [-0.3, -0.25) is 4.57 Å². The van der Waals surface area contributed by atoms with Crippen LogP contribution >= 0.6 is 0 Å². The number of aromatic nitrogens is 3. The third kappa shape index (κ3) is 2.53. The first-order valence-electron chi connectivity index (χ1n) is 6.60. The first-order chi connectivity index (χ1) is 8.92. The van der Waals surface area contributed by atoms with Gasteiger partial charge < -0.3 is 5.32 Å². The Bertz CT molecular complexity index is 469. The van der Waals surface area contributed by atoms with Crippen LogP contribution in [0.1, 0.15) is 25.7 Å². The average Bonchev–Trinajstić information content (AvgIpc) is 3.10. The molecule has 1 aliphatic rings. The summed E-state index contributed by atoms with van der Waals surface area (Å²) >= 11 is 0. The molecule has 4 heteroatoms. The van der Waals surface area contributed by atoms with Gasteiger partial charge in [0.05, 0.1) is 11.9 Å². The van der Waals surface area contributed by atoms with Gasteiger partial charge in [0.2, 0.25) is 0 Å². The van der Waals surface area contributed by atoms with Crippen molar-refractivity contribution in [3.8, 4) is 5.82 Å². The van der Waals surface area contributed by atoms with Gasteiger partial charge in [0, 0.05) is 18.9 Å². The van der Waals surface area contributed by atoms with Crippen LogP contribution in [0.5, 0.6) is 0 Å². The highest BCUT2D eigenvalue weighted by molar-refractivity contribution is 5.43. The third-order valence-electron chi connectivity index (χ3n) is 3.59. The fourth-order valence-electron chi connectivity index (χ4n) is 2.51. The van der Waals surface area contributed by atoms with Crippen LogP contribution in [0.25, 0.3) is 5.82 Å². The van der Waals surface area contributed by atoms with Crippen LogP contribution in [0.15, 0.2) is 37.1 Å². The maximum Gasteiger partial charge on any atom is 0.137 e. The standard InChI is InChI=1S/C14H18N4/c1-2-4-12(3-1)9-16-13-5-6-14(17-10-13)18-8-7-15-11-18/h5-8,10-12,16H,1-4,9H2. The molecule has 2 aromatic rings. The Labute approximate surface area is 107 Å². The zero-order chi connectivity index (χ0) is 12.2. The van der Waals surface area contributed by atoms with Crippen LogP contribution in [0.2, 0.25) is 0 Å². The van der Waals surface area contributed by atoms with E-state index in [-0.39, 0.29) is 0 Å². The van der Waals surface area contributed by atoms with Crippen LogP contribution in [-0.4, -0.2) is 21.1 Å². The molecule has 3 rings (SSSR count). The van der Waals surface area contributed by atoms with Crippen molar-refractivity contribution in [3.05, 3.63) is 37.1 Å². The average molecular weight is 242 g/mol. The molecule has 0 unspecified atom stereocenters. The fraction of sp³-hybridized carbons (Fsp3) is 0.429. The van der Waals surface area contributed by atoms with Crippen LogP contribution in [0, 0.1) is 5.92 Å². The Hall–Kier alpha value is -1.84. The molecule has 1 N–H and O–H groups in total. The minimum Gasteiger partial charge on any atom is -0.384 e. The van der Waals surface area contributed by atoms with E-state index in [1.807, 2.05) is 23.0 Å². The van der Waals surface area contributed by atoms with E-state index in [9.17, 15) is 0 Å². The number of nitrogens with one attached hydrogen (secondary N) is 1. The normalized spacial score (nSPS) is 16.0. The lowest BCUT2D eigenvalue weighted by atomic mass is 10.1. The molecule has 1 aliphatic carbocycles. The van der Waals surface area contributed by atoms with Crippen molar-refractivity contribution in [2.45, 2.75) is 25.7 Å². The molecule has 1 fully saturated rings. The summed E-state index contributed by atoms with van der Waals surface area (Å²) in [4.78, 5) is 8.44. The summed E-state index contributed by atoms with van der Waals surface area (Å²) in [6.45, 7) is 1.08. The second-order valence-corrected chi connectivity index (χ2v) is 4.91. The van der Waals surface area contributed by atoms with E-state index in [2.05, 4.69) is 21.4 Å². The van der Waals surface area contributed by atoms with Gasteiger partial charge in [0.1, 0.15) is 12.1 Å². The van der Waals surface area contributed by atoms with Crippen molar-refractivity contribution in [2.24, 2.45) is 5.92 Å². The number of hydrogen-bond acceptors (Lipinski definition) is 3. The van der Waals surface area contributed by atoms with Crippen molar-refractivity contribution in [3.63, 3.8) is 0 Å². The highest BCUT2D eigenvalue weighted by Crippen LogP contribution is 2.24. The molecular weight excluding hydrogens is 224 g/mol. The largest absolute Gasteiger partial charge is 0.384 e. The van der Waals surface area contributed by atoms with Crippen molar-refractivity contribution >= 4 is 5.69 Å². The molecule has 0 aromatic carbocycles. The summed E-state index contributed by atoms with van der Waals surface area (Å²) in [6, 6.07) is 4.09. The zero-order valence-electron chi connectivity index (χ0n) is 10.4. The molecule has 0 radical (unpaired) electrons. The molecule has 1 saturated carbocycles. The lowest BCUT2D eigenvalue weighted by Crippen LogP contribution is -2.11. The van der Waals surface area contributed by atoms with Crippen LogP contribution < -0.4 is 5.32 Å². The second kappa shape index (κ2) is 5.21. The Morgan fingerprint density at radius 1 is 1.28 bits per heavy atom. The molecule has 0 amide bonds. The number of nitrogens with zero attached hydrogens (tertiary/aromatic N) is 3. The molecule has 0 bridgehead atoms. The van der Waals surface area contributed by atoms with E-state index in [0.29, 0.717) is 0 Å². The minimum absolute atomic E-state index is 0.846. The Morgan fingerprint density at radius 3 is 2.83 bits per heavy atom. The smallest absolute Gasteiger partial charge is 0.137 e. The lowest BCUT2D eigenvalue weighted by molar-refractivity contribution is 0.580. The van der Waals surface area contributed by atoms with E-state index in [1.165, 1.54) is 25.7 Å². The monoisotopic (exact) mass is 242 g/mol. The molecular formula is C14H18N4. The van der Waals surface area contributed by atoms with E-state index in [0.717, 1.165) is 24.0 Å². The predicted octanol–water partition coefficient (Wildman–Crippen LogP) is 2.87. The lowest BCUT2D eigenvalue weighted by Gasteiger charge is -2.11. The molecule has 18 heavy (non-hydrogen) atoms. The van der Waals surface area contributed by atoms with E-state index in [4.69, 9.17) is 0 Å². The van der Waals surface area contributed by atoms with Gasteiger partial charge in [0.25, 0.3) is 0 Å². The highest BCUT2D eigenvalue weighted by atomic mass is 15.1. The predicted molar refractivity (Wildman–Crippen MR) is 71.8 cm³/mol. The van der Waals surface area contributed by atoms with Crippen molar-refractivity contribution in [1.29, 1.82) is 0 Å². The second-order valence-electron chi connectivity index (χ2n) is 4.91. The van der Waals surface area contributed by atoms with Crippen molar-refractivity contribution < 1.29 is 0 Å². The molecule has 94 valence electrons. The van der Waals surface area contributed by atoms with Crippen LogP contribution in [0.4, 0.5) is 5.69 Å². The van der Waals surface area contributed by atoms with E-state index < -0.39 is 0 Å². The van der Waals surface area contributed by atoms with Crippen molar-refractivity contribution in [1.82, 2.24) is 14.5 Å². The Kier molecular flexibility index (Phi) is 3.26. The highest BCUT2D eigenvalue weighted by Gasteiger charge is 2.14. The molecule has 0 aliphatic heterocycles. The summed E-state index contributed by atoms with van der Waals surface area (Å²) in [7, 11) is 0. The molecule has 2 heterocycles. The molecule has 2 aromatic heterocycles. The minimum atomic E-state index is 0.846. The van der Waals surface area contributed by atoms with Gasteiger partial charge in [-0.05, 0) is 30.9 Å². The van der Waals surface area contributed by atoms with Crippen molar-refractivity contribution in [2.75, 3.05) is 11.9 Å². The third-order valence-corrected chi connectivity index (χ3v) is 3.59. The van der Waals surface area contributed by atoms with Crippen LogP contribution in [0.3, 0.4) is 0 Å². The molecule has 4 nitrogen and oxygen atoms in total. The first-order valence-corrected chi connectivity index (χ1v) is 6.60. The number of rotatable bonds is 4. The zero-order valence-corrected chi connectivity index (χ0v) is 10.4. The Morgan fingerprint density at radius 2 is 2.17 bits per heavy atom. The number of anilines is 1. The van der Waals surface area contributed by atoms with E-state index >= 15 is 0 Å².